The van der Waals surface area contributed by atoms with Crippen LogP contribution in [0.2, 0.25) is 0 Å². The minimum absolute atomic E-state index is 0. The Labute approximate surface area is 206 Å². The Morgan fingerprint density at radius 1 is 1.28 bits per heavy atom. The molecule has 1 unspecified atom stereocenters. The van der Waals surface area contributed by atoms with Crippen molar-refractivity contribution in [3.05, 3.63) is 57.4 Å². The van der Waals surface area contributed by atoms with Gasteiger partial charge in [0.15, 0.2) is 5.96 Å². The van der Waals surface area contributed by atoms with Crippen LogP contribution in [0.1, 0.15) is 42.6 Å². The number of ether oxygens (including phenoxy) is 1. The van der Waals surface area contributed by atoms with E-state index in [-0.39, 0.29) is 35.8 Å². The van der Waals surface area contributed by atoms with Gasteiger partial charge in [-0.1, -0.05) is 12.1 Å². The zero-order chi connectivity index (χ0) is 22.1. The first kappa shape index (κ1) is 26.0. The number of aliphatic imine (C=N–C) groups is 1. The van der Waals surface area contributed by atoms with E-state index in [2.05, 4.69) is 33.7 Å². The monoisotopic (exact) mass is 556 g/mol. The van der Waals surface area contributed by atoms with Crippen LogP contribution in [0.4, 0.5) is 5.69 Å². The summed E-state index contributed by atoms with van der Waals surface area (Å²) in [7, 11) is 0. The van der Waals surface area contributed by atoms with Crippen LogP contribution in [0.15, 0.2) is 35.3 Å². The fourth-order valence-corrected chi connectivity index (χ4v) is 3.58. The third kappa shape index (κ3) is 8.38. The van der Waals surface area contributed by atoms with Gasteiger partial charge in [0.25, 0.3) is 5.69 Å². The molecule has 1 fully saturated rings. The highest BCUT2D eigenvalue weighted by atomic mass is 127. The van der Waals surface area contributed by atoms with Crippen molar-refractivity contribution < 1.29 is 9.66 Å². The van der Waals surface area contributed by atoms with Gasteiger partial charge in [-0.2, -0.15) is 5.10 Å². The Morgan fingerprint density at radius 3 is 2.69 bits per heavy atom. The van der Waals surface area contributed by atoms with Crippen LogP contribution in [0.25, 0.3) is 0 Å². The Morgan fingerprint density at radius 2 is 2.06 bits per heavy atom. The maximum atomic E-state index is 10.8. The molecule has 2 N–H and O–H groups in total. The minimum atomic E-state index is -0.394. The molecule has 2 heterocycles. The van der Waals surface area contributed by atoms with Gasteiger partial charge in [0.1, 0.15) is 0 Å². The van der Waals surface area contributed by atoms with Crippen molar-refractivity contribution in [2.24, 2.45) is 4.99 Å². The molecule has 1 aromatic carbocycles. The molecule has 1 aliphatic heterocycles. The summed E-state index contributed by atoms with van der Waals surface area (Å²) in [5.41, 5.74) is 3.20. The molecule has 1 atom stereocenters. The molecule has 0 radical (unpaired) electrons. The summed E-state index contributed by atoms with van der Waals surface area (Å²) >= 11 is 0. The van der Waals surface area contributed by atoms with Gasteiger partial charge in [0, 0.05) is 44.1 Å². The summed E-state index contributed by atoms with van der Waals surface area (Å²) in [5, 5.41) is 22.1. The van der Waals surface area contributed by atoms with E-state index < -0.39 is 4.92 Å². The maximum Gasteiger partial charge on any atom is 0.269 e. The van der Waals surface area contributed by atoms with Crippen molar-refractivity contribution in [1.82, 2.24) is 20.4 Å². The topological polar surface area (TPSA) is 107 Å². The lowest BCUT2D eigenvalue weighted by molar-refractivity contribution is -0.384. The second-order valence-electron chi connectivity index (χ2n) is 7.89. The third-order valence-electron chi connectivity index (χ3n) is 5.28. The second kappa shape index (κ2) is 13.4. The van der Waals surface area contributed by atoms with Gasteiger partial charge < -0.3 is 15.4 Å². The number of hydrogen-bond donors (Lipinski definition) is 2. The number of nitro benzene ring substituents is 1. The molecule has 2 aromatic rings. The molecule has 0 saturated carbocycles. The number of aromatic nitrogens is 2. The van der Waals surface area contributed by atoms with E-state index in [1.807, 2.05) is 11.6 Å². The highest BCUT2D eigenvalue weighted by Gasteiger charge is 2.14. The summed E-state index contributed by atoms with van der Waals surface area (Å²) < 4.78 is 7.83. The zero-order valence-corrected chi connectivity index (χ0v) is 21.1. The lowest BCUT2D eigenvalue weighted by atomic mass is 10.1. The van der Waals surface area contributed by atoms with Crippen LogP contribution in [0.5, 0.6) is 0 Å². The average molecular weight is 556 g/mol. The highest BCUT2D eigenvalue weighted by Crippen LogP contribution is 2.13. The summed E-state index contributed by atoms with van der Waals surface area (Å²) in [5.74, 6) is 0.723. The quantitative estimate of drug-likeness (QED) is 0.122. The van der Waals surface area contributed by atoms with Crippen LogP contribution in [0.3, 0.4) is 0 Å². The molecule has 0 amide bonds. The third-order valence-corrected chi connectivity index (χ3v) is 5.28. The van der Waals surface area contributed by atoms with Crippen molar-refractivity contribution >= 4 is 35.6 Å². The number of hydrogen-bond acceptors (Lipinski definition) is 5. The number of aryl methyl sites for hydroxylation is 3. The van der Waals surface area contributed by atoms with E-state index in [0.29, 0.717) is 13.1 Å². The number of guanidine groups is 1. The molecular formula is C22H33IN6O3. The van der Waals surface area contributed by atoms with Crippen molar-refractivity contribution in [2.45, 2.75) is 58.7 Å². The molecule has 1 aliphatic rings. The summed E-state index contributed by atoms with van der Waals surface area (Å²) in [4.78, 5) is 15.1. The minimum Gasteiger partial charge on any atom is -0.376 e. The summed E-state index contributed by atoms with van der Waals surface area (Å²) in [6.45, 7) is 7.64. The number of nitrogens with one attached hydrogen (secondary N) is 2. The molecule has 1 saturated heterocycles. The van der Waals surface area contributed by atoms with Crippen molar-refractivity contribution in [2.75, 3.05) is 19.7 Å². The Hall–Kier alpha value is -2.21. The Balaban J connectivity index is 0.00000363. The summed E-state index contributed by atoms with van der Waals surface area (Å²) in [6.07, 6.45) is 4.50. The van der Waals surface area contributed by atoms with Crippen LogP contribution >= 0.6 is 24.0 Å². The first-order valence-electron chi connectivity index (χ1n) is 10.9. The van der Waals surface area contributed by atoms with Gasteiger partial charge in [-0.25, -0.2) is 4.99 Å². The Bertz CT molecular complexity index is 878. The fourth-order valence-electron chi connectivity index (χ4n) is 3.58. The average Bonchev–Trinajstić information content (AvgIpc) is 3.10. The molecule has 9 nitrogen and oxygen atoms in total. The van der Waals surface area contributed by atoms with Gasteiger partial charge in [0.05, 0.1) is 23.3 Å². The van der Waals surface area contributed by atoms with E-state index in [4.69, 9.17) is 4.74 Å². The normalized spacial score (nSPS) is 16.3. The van der Waals surface area contributed by atoms with Crippen molar-refractivity contribution in [1.29, 1.82) is 0 Å². The molecule has 32 heavy (non-hydrogen) atoms. The number of nitrogens with zero attached hydrogens (tertiary/aromatic N) is 4. The number of non-ortho nitro benzene ring substituents is 1. The van der Waals surface area contributed by atoms with Gasteiger partial charge in [0.2, 0.25) is 0 Å². The molecule has 3 rings (SSSR count). The maximum absolute atomic E-state index is 10.8. The highest BCUT2D eigenvalue weighted by molar-refractivity contribution is 14.0. The van der Waals surface area contributed by atoms with Gasteiger partial charge in [-0.05, 0) is 51.2 Å². The molecule has 0 bridgehead atoms. The zero-order valence-electron chi connectivity index (χ0n) is 18.7. The smallest absolute Gasteiger partial charge is 0.269 e. The second-order valence-corrected chi connectivity index (χ2v) is 7.89. The van der Waals surface area contributed by atoms with E-state index in [0.717, 1.165) is 61.9 Å². The lowest BCUT2D eigenvalue weighted by Gasteiger charge is -2.24. The van der Waals surface area contributed by atoms with Gasteiger partial charge in [-0.15, -0.1) is 24.0 Å². The van der Waals surface area contributed by atoms with Crippen LogP contribution in [-0.2, 0) is 17.8 Å². The Kier molecular flexibility index (Phi) is 10.9. The van der Waals surface area contributed by atoms with Crippen LogP contribution < -0.4 is 10.6 Å². The number of nitro groups is 1. The van der Waals surface area contributed by atoms with E-state index in [1.54, 1.807) is 12.1 Å². The first-order chi connectivity index (χ1) is 15.0. The van der Waals surface area contributed by atoms with Crippen LogP contribution in [-0.4, -0.2) is 46.5 Å². The SMILES string of the molecule is Cc1cc(C)n(CCCNC(=NCc2ccc([N+](=O)[O-])cc2)NCC2CCCCO2)n1.I. The molecule has 1 aromatic heterocycles. The largest absolute Gasteiger partial charge is 0.376 e. The number of rotatable bonds is 9. The number of halogens is 1. The number of benzene rings is 1. The first-order valence-corrected chi connectivity index (χ1v) is 10.9. The predicted molar refractivity (Wildman–Crippen MR) is 136 cm³/mol. The molecular weight excluding hydrogens is 523 g/mol. The van der Waals surface area contributed by atoms with Gasteiger partial charge in [-0.3, -0.25) is 14.8 Å². The molecule has 10 heteroatoms. The standard InChI is InChI=1S/C22H32N6O3.HI/c1-17-14-18(2)27(26-17)12-5-11-23-22(25-16-21-6-3-4-13-31-21)24-15-19-7-9-20(10-8-19)28(29)30;/h7-10,14,21H,3-6,11-13,15-16H2,1-2H3,(H2,23,24,25);1H. The van der Waals surface area contributed by atoms with E-state index in [9.17, 15) is 10.1 Å². The predicted octanol–water partition coefficient (Wildman–Crippen LogP) is 3.72. The fraction of sp³-hybridized carbons (Fsp3) is 0.545. The van der Waals surface area contributed by atoms with E-state index in [1.165, 1.54) is 18.6 Å². The molecule has 176 valence electrons. The summed E-state index contributed by atoms with van der Waals surface area (Å²) in [6, 6.07) is 8.58. The molecule has 0 spiro atoms. The lowest BCUT2D eigenvalue weighted by Crippen LogP contribution is -2.43. The molecule has 0 aliphatic carbocycles. The van der Waals surface area contributed by atoms with Crippen molar-refractivity contribution in [3.63, 3.8) is 0 Å². The van der Waals surface area contributed by atoms with Gasteiger partial charge >= 0.3 is 0 Å². The van der Waals surface area contributed by atoms with E-state index >= 15 is 0 Å². The van der Waals surface area contributed by atoms with Crippen molar-refractivity contribution in [3.8, 4) is 0 Å². The van der Waals surface area contributed by atoms with Crippen LogP contribution in [0, 0.1) is 24.0 Å².